The van der Waals surface area contributed by atoms with Gasteiger partial charge in [-0.25, -0.2) is 4.98 Å². The molecule has 2 N–H and O–H groups in total. The molecule has 2 amide bonds. The van der Waals surface area contributed by atoms with Gasteiger partial charge in [-0.3, -0.25) is 14.2 Å². The van der Waals surface area contributed by atoms with Crippen molar-refractivity contribution in [1.29, 1.82) is 0 Å². The third-order valence-corrected chi connectivity index (χ3v) is 6.03. The SMILES string of the molecule is Cc1ccc(Cl)cc1NC(=O)CSc1nccn1-c1ccc(C(=O)NCc2ccco2)cc1. The number of nitrogens with one attached hydrogen (secondary N) is 2. The van der Waals surface area contributed by atoms with E-state index >= 15 is 0 Å². The third kappa shape index (κ3) is 5.85. The van der Waals surface area contributed by atoms with Crippen molar-refractivity contribution in [2.24, 2.45) is 0 Å². The molecule has 0 atom stereocenters. The van der Waals surface area contributed by atoms with Crippen LogP contribution in [0.5, 0.6) is 0 Å². The van der Waals surface area contributed by atoms with Crippen LogP contribution in [-0.2, 0) is 11.3 Å². The van der Waals surface area contributed by atoms with Gasteiger partial charge in [0.25, 0.3) is 5.91 Å². The van der Waals surface area contributed by atoms with Crippen LogP contribution in [0.3, 0.4) is 0 Å². The van der Waals surface area contributed by atoms with Crippen LogP contribution in [0.25, 0.3) is 5.69 Å². The number of carbonyl (C=O) groups is 2. The standard InChI is InChI=1S/C24H21ClN4O3S/c1-16-4-7-18(25)13-21(16)28-22(30)15-33-24-26-10-11-29(24)19-8-5-17(6-9-19)23(31)27-14-20-3-2-12-32-20/h2-13H,14-15H2,1H3,(H,27,31)(H,28,30). The number of aromatic nitrogens is 2. The van der Waals surface area contributed by atoms with Crippen LogP contribution in [0.15, 0.2) is 82.8 Å². The van der Waals surface area contributed by atoms with Gasteiger partial charge < -0.3 is 15.1 Å². The van der Waals surface area contributed by atoms with Crippen molar-refractivity contribution in [3.8, 4) is 5.69 Å². The van der Waals surface area contributed by atoms with E-state index in [1.54, 1.807) is 48.9 Å². The molecule has 33 heavy (non-hydrogen) atoms. The van der Waals surface area contributed by atoms with Gasteiger partial charge >= 0.3 is 0 Å². The zero-order valence-electron chi connectivity index (χ0n) is 17.7. The number of thioether (sulfide) groups is 1. The number of rotatable bonds is 8. The molecule has 2 aromatic heterocycles. The molecular weight excluding hydrogens is 460 g/mol. The highest BCUT2D eigenvalue weighted by molar-refractivity contribution is 7.99. The lowest BCUT2D eigenvalue weighted by Gasteiger charge is -2.10. The van der Waals surface area contributed by atoms with Gasteiger partial charge in [-0.15, -0.1) is 0 Å². The van der Waals surface area contributed by atoms with Gasteiger partial charge in [0.1, 0.15) is 5.76 Å². The topological polar surface area (TPSA) is 89.2 Å². The first-order valence-electron chi connectivity index (χ1n) is 10.1. The predicted molar refractivity (Wildman–Crippen MR) is 129 cm³/mol. The number of hydrogen-bond donors (Lipinski definition) is 2. The number of carbonyl (C=O) groups excluding carboxylic acids is 2. The highest BCUT2D eigenvalue weighted by Gasteiger charge is 2.12. The number of hydrogen-bond acceptors (Lipinski definition) is 5. The minimum Gasteiger partial charge on any atom is -0.467 e. The summed E-state index contributed by atoms with van der Waals surface area (Å²) in [5.41, 5.74) is 3.00. The second kappa shape index (κ2) is 10.4. The first-order valence-corrected chi connectivity index (χ1v) is 11.5. The fourth-order valence-electron chi connectivity index (χ4n) is 3.09. The van der Waals surface area contributed by atoms with Crippen molar-refractivity contribution < 1.29 is 14.0 Å². The normalized spacial score (nSPS) is 10.7. The maximum Gasteiger partial charge on any atom is 0.251 e. The molecule has 0 unspecified atom stereocenters. The largest absolute Gasteiger partial charge is 0.467 e. The van der Waals surface area contributed by atoms with Crippen molar-refractivity contribution in [3.05, 3.63) is 95.2 Å². The number of amides is 2. The van der Waals surface area contributed by atoms with Gasteiger partial charge in [0.15, 0.2) is 5.16 Å². The van der Waals surface area contributed by atoms with Gasteiger partial charge in [-0.2, -0.15) is 0 Å². The molecule has 7 nitrogen and oxygen atoms in total. The molecule has 0 spiro atoms. The fourth-order valence-corrected chi connectivity index (χ4v) is 4.04. The first kappa shape index (κ1) is 22.7. The summed E-state index contributed by atoms with van der Waals surface area (Å²) in [6.07, 6.45) is 5.05. The average molecular weight is 481 g/mol. The summed E-state index contributed by atoms with van der Waals surface area (Å²) in [6.45, 7) is 2.24. The smallest absolute Gasteiger partial charge is 0.251 e. The molecule has 0 aliphatic carbocycles. The molecular formula is C24H21ClN4O3S. The second-order valence-corrected chi connectivity index (χ2v) is 8.56. The molecule has 0 radical (unpaired) electrons. The molecule has 0 bridgehead atoms. The monoisotopic (exact) mass is 480 g/mol. The summed E-state index contributed by atoms with van der Waals surface area (Å²) < 4.78 is 7.09. The summed E-state index contributed by atoms with van der Waals surface area (Å²) >= 11 is 7.34. The van der Waals surface area contributed by atoms with E-state index in [-0.39, 0.29) is 17.6 Å². The summed E-state index contributed by atoms with van der Waals surface area (Å²) in [5.74, 6) is 0.542. The molecule has 9 heteroatoms. The molecule has 0 aliphatic rings. The number of halogens is 1. The Kier molecular flexibility index (Phi) is 7.16. The maximum absolute atomic E-state index is 12.4. The van der Waals surface area contributed by atoms with Crippen LogP contribution in [-0.4, -0.2) is 27.1 Å². The van der Waals surface area contributed by atoms with E-state index in [1.165, 1.54) is 11.8 Å². The van der Waals surface area contributed by atoms with Gasteiger partial charge in [0.2, 0.25) is 5.91 Å². The number of benzene rings is 2. The summed E-state index contributed by atoms with van der Waals surface area (Å²) in [4.78, 5) is 29.1. The van der Waals surface area contributed by atoms with Crippen molar-refractivity contribution in [2.75, 3.05) is 11.1 Å². The van der Waals surface area contributed by atoms with Crippen molar-refractivity contribution in [2.45, 2.75) is 18.6 Å². The lowest BCUT2D eigenvalue weighted by molar-refractivity contribution is -0.113. The fraction of sp³-hybridized carbons (Fsp3) is 0.125. The minimum atomic E-state index is -0.189. The Hall–Kier alpha value is -3.49. The number of aryl methyl sites for hydroxylation is 1. The maximum atomic E-state index is 12.4. The first-order chi connectivity index (χ1) is 16.0. The zero-order chi connectivity index (χ0) is 23.2. The van der Waals surface area contributed by atoms with E-state index in [0.717, 1.165) is 11.3 Å². The quantitative estimate of drug-likeness (QED) is 0.343. The van der Waals surface area contributed by atoms with Crippen LogP contribution >= 0.6 is 23.4 Å². The molecule has 168 valence electrons. The van der Waals surface area contributed by atoms with Crippen molar-refractivity contribution in [3.63, 3.8) is 0 Å². The Morgan fingerprint density at radius 3 is 2.73 bits per heavy atom. The summed E-state index contributed by atoms with van der Waals surface area (Å²) in [7, 11) is 0. The average Bonchev–Trinajstić information content (AvgIpc) is 3.51. The third-order valence-electron chi connectivity index (χ3n) is 4.82. The highest BCUT2D eigenvalue weighted by Crippen LogP contribution is 2.23. The van der Waals surface area contributed by atoms with Gasteiger partial charge in [0, 0.05) is 34.4 Å². The Morgan fingerprint density at radius 1 is 1.15 bits per heavy atom. The van der Waals surface area contributed by atoms with E-state index in [1.807, 2.05) is 35.9 Å². The van der Waals surface area contributed by atoms with Crippen LogP contribution in [0.1, 0.15) is 21.7 Å². The van der Waals surface area contributed by atoms with Crippen molar-refractivity contribution in [1.82, 2.24) is 14.9 Å². The van der Waals surface area contributed by atoms with Gasteiger partial charge in [-0.05, 0) is 61.0 Å². The molecule has 0 fully saturated rings. The summed E-state index contributed by atoms with van der Waals surface area (Å²) in [5, 5.41) is 6.94. The Morgan fingerprint density at radius 2 is 1.97 bits per heavy atom. The van der Waals surface area contributed by atoms with E-state index in [0.29, 0.717) is 33.7 Å². The zero-order valence-corrected chi connectivity index (χ0v) is 19.3. The van der Waals surface area contributed by atoms with Crippen LogP contribution in [0.4, 0.5) is 5.69 Å². The highest BCUT2D eigenvalue weighted by atomic mass is 35.5. The Labute approximate surface area is 200 Å². The van der Waals surface area contributed by atoms with Crippen LogP contribution in [0, 0.1) is 6.92 Å². The molecule has 0 aliphatic heterocycles. The van der Waals surface area contributed by atoms with Crippen LogP contribution in [0.2, 0.25) is 5.02 Å². The Balaban J connectivity index is 1.36. The number of nitrogens with zero attached hydrogens (tertiary/aromatic N) is 2. The van der Waals surface area contributed by atoms with E-state index < -0.39 is 0 Å². The van der Waals surface area contributed by atoms with E-state index in [4.69, 9.17) is 16.0 Å². The Bertz CT molecular complexity index is 1250. The molecule has 4 aromatic rings. The lowest BCUT2D eigenvalue weighted by atomic mass is 10.2. The number of anilines is 1. The molecule has 0 saturated heterocycles. The summed E-state index contributed by atoms with van der Waals surface area (Å²) in [6, 6.07) is 16.1. The van der Waals surface area contributed by atoms with E-state index in [9.17, 15) is 9.59 Å². The molecule has 0 saturated carbocycles. The van der Waals surface area contributed by atoms with Gasteiger partial charge in [-0.1, -0.05) is 29.4 Å². The van der Waals surface area contributed by atoms with E-state index in [2.05, 4.69) is 15.6 Å². The lowest BCUT2D eigenvalue weighted by Crippen LogP contribution is -2.22. The molecule has 4 rings (SSSR count). The minimum absolute atomic E-state index is 0.150. The van der Waals surface area contributed by atoms with Crippen LogP contribution < -0.4 is 10.6 Å². The molecule has 2 heterocycles. The van der Waals surface area contributed by atoms with Gasteiger partial charge in [0.05, 0.1) is 18.6 Å². The second-order valence-electron chi connectivity index (χ2n) is 7.18. The molecule has 2 aromatic carbocycles. The van der Waals surface area contributed by atoms with Crippen molar-refractivity contribution >= 4 is 40.9 Å². The number of imidazole rings is 1. The predicted octanol–water partition coefficient (Wildman–Crippen LogP) is 5.09. The number of furan rings is 1.